The van der Waals surface area contributed by atoms with Gasteiger partial charge in [-0.2, -0.15) is 0 Å². The average molecular weight is 266 g/mol. The summed E-state index contributed by atoms with van der Waals surface area (Å²) in [7, 11) is 0. The van der Waals surface area contributed by atoms with Crippen molar-refractivity contribution in [3.63, 3.8) is 0 Å². The van der Waals surface area contributed by atoms with Gasteiger partial charge in [0.25, 0.3) is 5.91 Å². The normalized spacial score (nSPS) is 19.5. The number of nitrogens with zero attached hydrogens (tertiary/aromatic N) is 1. The van der Waals surface area contributed by atoms with E-state index in [4.69, 9.17) is 5.73 Å². The minimum Gasteiger partial charge on any atom is -0.507 e. The van der Waals surface area contributed by atoms with Crippen LogP contribution in [0.5, 0.6) is 5.75 Å². The number of carbonyl (C=O) groups excluding carboxylic acids is 1. The zero-order valence-electron chi connectivity index (χ0n) is 10.8. The van der Waals surface area contributed by atoms with Crippen molar-refractivity contribution in [1.29, 1.82) is 0 Å². The molecule has 3 N–H and O–H groups in total. The summed E-state index contributed by atoms with van der Waals surface area (Å²) in [4.78, 5) is 14.1. The number of halogens is 1. The van der Waals surface area contributed by atoms with Gasteiger partial charge in [0, 0.05) is 12.6 Å². The molecule has 1 fully saturated rings. The van der Waals surface area contributed by atoms with Gasteiger partial charge >= 0.3 is 0 Å². The highest BCUT2D eigenvalue weighted by molar-refractivity contribution is 5.97. The number of rotatable bonds is 3. The zero-order chi connectivity index (χ0) is 13.8. The first kappa shape index (κ1) is 13.8. The molecule has 4 nitrogen and oxygen atoms in total. The minimum atomic E-state index is -0.520. The van der Waals surface area contributed by atoms with E-state index in [9.17, 15) is 14.3 Å². The number of hydrogen-bond donors (Lipinski definition) is 2. The largest absolute Gasteiger partial charge is 0.507 e. The number of likely N-dealkylation sites (tertiary alicyclic amines) is 1. The van der Waals surface area contributed by atoms with Crippen LogP contribution in [0.4, 0.5) is 4.39 Å². The second-order valence-corrected chi connectivity index (χ2v) is 4.89. The van der Waals surface area contributed by atoms with Gasteiger partial charge in [0.1, 0.15) is 11.6 Å². The topological polar surface area (TPSA) is 66.6 Å². The van der Waals surface area contributed by atoms with Crippen molar-refractivity contribution in [2.24, 2.45) is 5.73 Å². The van der Waals surface area contributed by atoms with Crippen molar-refractivity contribution in [3.05, 3.63) is 29.6 Å². The molecule has 1 aromatic carbocycles. The number of amides is 1. The molecule has 0 spiro atoms. The Morgan fingerprint density at radius 3 is 3.00 bits per heavy atom. The van der Waals surface area contributed by atoms with Crippen molar-refractivity contribution in [1.82, 2.24) is 4.90 Å². The van der Waals surface area contributed by atoms with Crippen LogP contribution in [-0.2, 0) is 0 Å². The Bertz CT molecular complexity index is 463. The highest BCUT2D eigenvalue weighted by Gasteiger charge is 2.28. The molecule has 1 saturated heterocycles. The summed E-state index contributed by atoms with van der Waals surface area (Å²) in [5.74, 6) is -1.01. The number of phenolic OH excluding ortho intramolecular Hbond substituents is 1. The van der Waals surface area contributed by atoms with Crippen molar-refractivity contribution in [2.75, 3.05) is 13.1 Å². The van der Waals surface area contributed by atoms with Gasteiger partial charge in [-0.1, -0.05) is 0 Å². The molecule has 0 aromatic heterocycles. The Balaban J connectivity index is 2.23. The SMILES string of the molecule is NCCC1CCCCN1C(=O)c1cc(F)ccc1O. The monoisotopic (exact) mass is 266 g/mol. The summed E-state index contributed by atoms with van der Waals surface area (Å²) in [6.07, 6.45) is 3.66. The molecule has 0 radical (unpaired) electrons. The number of carbonyl (C=O) groups is 1. The van der Waals surface area contributed by atoms with Gasteiger partial charge in [-0.15, -0.1) is 0 Å². The Morgan fingerprint density at radius 2 is 2.26 bits per heavy atom. The molecule has 1 atom stereocenters. The molecule has 0 saturated carbocycles. The third-order valence-electron chi connectivity index (χ3n) is 3.58. The Labute approximate surface area is 112 Å². The second kappa shape index (κ2) is 6.02. The molecule has 5 heteroatoms. The highest BCUT2D eigenvalue weighted by atomic mass is 19.1. The smallest absolute Gasteiger partial charge is 0.257 e. The van der Waals surface area contributed by atoms with Crippen LogP contribution in [0, 0.1) is 5.82 Å². The molecule has 2 rings (SSSR count). The number of benzene rings is 1. The minimum absolute atomic E-state index is 0.0314. The molecular weight excluding hydrogens is 247 g/mol. The lowest BCUT2D eigenvalue weighted by Crippen LogP contribution is -2.44. The van der Waals surface area contributed by atoms with E-state index in [0.717, 1.165) is 37.8 Å². The van der Waals surface area contributed by atoms with Gasteiger partial charge in [0.2, 0.25) is 0 Å². The van der Waals surface area contributed by atoms with Gasteiger partial charge in [-0.05, 0) is 50.4 Å². The Kier molecular flexibility index (Phi) is 4.37. The van der Waals surface area contributed by atoms with E-state index < -0.39 is 5.82 Å². The van der Waals surface area contributed by atoms with Gasteiger partial charge in [-0.25, -0.2) is 4.39 Å². The molecule has 1 aliphatic heterocycles. The maximum Gasteiger partial charge on any atom is 0.257 e. The predicted molar refractivity (Wildman–Crippen MR) is 70.4 cm³/mol. The van der Waals surface area contributed by atoms with Crippen molar-refractivity contribution in [2.45, 2.75) is 31.7 Å². The first-order valence-electron chi connectivity index (χ1n) is 6.63. The first-order valence-corrected chi connectivity index (χ1v) is 6.63. The first-order chi connectivity index (χ1) is 9.13. The van der Waals surface area contributed by atoms with Gasteiger partial charge in [-0.3, -0.25) is 4.79 Å². The van der Waals surface area contributed by atoms with Crippen LogP contribution < -0.4 is 5.73 Å². The van der Waals surface area contributed by atoms with Crippen LogP contribution in [0.2, 0.25) is 0 Å². The summed E-state index contributed by atoms with van der Waals surface area (Å²) in [5.41, 5.74) is 5.60. The molecule has 19 heavy (non-hydrogen) atoms. The van der Waals surface area contributed by atoms with Crippen molar-refractivity contribution in [3.8, 4) is 5.75 Å². The molecule has 1 unspecified atom stereocenters. The van der Waals surface area contributed by atoms with E-state index in [2.05, 4.69) is 0 Å². The number of phenols is 1. The number of hydrogen-bond acceptors (Lipinski definition) is 3. The van der Waals surface area contributed by atoms with Crippen LogP contribution in [0.25, 0.3) is 0 Å². The van der Waals surface area contributed by atoms with E-state index in [1.807, 2.05) is 0 Å². The average Bonchev–Trinajstić information content (AvgIpc) is 2.42. The summed E-state index contributed by atoms with van der Waals surface area (Å²) < 4.78 is 13.2. The third kappa shape index (κ3) is 3.04. The molecule has 1 aliphatic rings. The molecule has 0 aliphatic carbocycles. The van der Waals surface area contributed by atoms with Crippen LogP contribution in [0.3, 0.4) is 0 Å². The van der Waals surface area contributed by atoms with E-state index >= 15 is 0 Å². The third-order valence-corrected chi connectivity index (χ3v) is 3.58. The molecule has 104 valence electrons. The zero-order valence-corrected chi connectivity index (χ0v) is 10.8. The molecule has 1 aromatic rings. The Hall–Kier alpha value is -1.62. The quantitative estimate of drug-likeness (QED) is 0.877. The van der Waals surface area contributed by atoms with Crippen LogP contribution >= 0.6 is 0 Å². The van der Waals surface area contributed by atoms with Crippen LogP contribution in [0.15, 0.2) is 18.2 Å². The maximum absolute atomic E-state index is 13.2. The number of piperidine rings is 1. The fourth-order valence-corrected chi connectivity index (χ4v) is 2.59. The Morgan fingerprint density at radius 1 is 1.47 bits per heavy atom. The summed E-state index contributed by atoms with van der Waals surface area (Å²) in [6.45, 7) is 1.16. The van der Waals surface area contributed by atoms with Gasteiger partial charge < -0.3 is 15.7 Å². The fraction of sp³-hybridized carbons (Fsp3) is 0.500. The van der Waals surface area contributed by atoms with Crippen LogP contribution in [-0.4, -0.2) is 35.0 Å². The van der Waals surface area contributed by atoms with Gasteiger partial charge in [0.05, 0.1) is 5.56 Å². The van der Waals surface area contributed by atoms with Crippen molar-refractivity contribution < 1.29 is 14.3 Å². The summed E-state index contributed by atoms with van der Waals surface area (Å²) >= 11 is 0. The number of aromatic hydroxyl groups is 1. The van der Waals surface area contributed by atoms with E-state index in [1.54, 1.807) is 4.90 Å². The van der Waals surface area contributed by atoms with Crippen LogP contribution in [0.1, 0.15) is 36.0 Å². The molecule has 1 heterocycles. The predicted octanol–water partition coefficient (Wildman–Crippen LogP) is 1.87. The van der Waals surface area contributed by atoms with E-state index in [0.29, 0.717) is 13.1 Å². The van der Waals surface area contributed by atoms with Crippen molar-refractivity contribution >= 4 is 5.91 Å². The lowest BCUT2D eigenvalue weighted by atomic mass is 9.98. The lowest BCUT2D eigenvalue weighted by molar-refractivity contribution is 0.0601. The molecular formula is C14H19FN2O2. The second-order valence-electron chi connectivity index (χ2n) is 4.89. The summed E-state index contributed by atoms with van der Waals surface area (Å²) in [5, 5.41) is 9.71. The number of nitrogens with two attached hydrogens (primary N) is 1. The maximum atomic E-state index is 13.2. The molecule has 0 bridgehead atoms. The van der Waals surface area contributed by atoms with E-state index in [1.165, 1.54) is 6.07 Å². The lowest BCUT2D eigenvalue weighted by Gasteiger charge is -2.35. The van der Waals surface area contributed by atoms with Gasteiger partial charge in [0.15, 0.2) is 0 Å². The highest BCUT2D eigenvalue weighted by Crippen LogP contribution is 2.25. The fourth-order valence-electron chi connectivity index (χ4n) is 2.59. The summed E-state index contributed by atoms with van der Waals surface area (Å²) in [6, 6.07) is 3.53. The standard InChI is InChI=1S/C14H19FN2O2/c15-10-4-5-13(18)12(9-10)14(19)17-8-2-1-3-11(17)6-7-16/h4-5,9,11,18H,1-3,6-8,16H2. The van der Waals surface area contributed by atoms with E-state index in [-0.39, 0.29) is 23.3 Å². The molecule has 1 amide bonds.